The molecule has 92 valence electrons. The van der Waals surface area contributed by atoms with Crippen molar-refractivity contribution in [3.63, 3.8) is 0 Å². The molecule has 2 aromatic rings. The lowest BCUT2D eigenvalue weighted by atomic mass is 9.84. The molecular formula is C16H18N2. The molecule has 0 fully saturated rings. The molecule has 0 spiro atoms. The smallest absolute Gasteiger partial charge is 0.0394 e. The van der Waals surface area contributed by atoms with Gasteiger partial charge in [-0.2, -0.15) is 0 Å². The molecule has 1 heterocycles. The van der Waals surface area contributed by atoms with Gasteiger partial charge in [0.05, 0.1) is 0 Å². The van der Waals surface area contributed by atoms with Crippen molar-refractivity contribution in [3.8, 4) is 0 Å². The zero-order valence-electron chi connectivity index (χ0n) is 13.1. The van der Waals surface area contributed by atoms with Crippen LogP contribution in [0.15, 0.2) is 48.5 Å². The average molecular weight is 241 g/mol. The Hall–Kier alpha value is -1.80. The Morgan fingerprint density at radius 2 is 2.00 bits per heavy atom. The van der Waals surface area contributed by atoms with Crippen LogP contribution >= 0.6 is 0 Å². The normalized spacial score (nSPS) is 22.7. The van der Waals surface area contributed by atoms with Gasteiger partial charge in [0.25, 0.3) is 0 Å². The first kappa shape index (κ1) is 8.33. The molecule has 18 heavy (non-hydrogen) atoms. The van der Waals surface area contributed by atoms with Crippen molar-refractivity contribution in [2.45, 2.75) is 12.5 Å². The molecule has 0 radical (unpaired) electrons. The summed E-state index contributed by atoms with van der Waals surface area (Å²) in [5, 5.41) is 0. The van der Waals surface area contributed by atoms with E-state index < -0.39 is 6.98 Å². The fourth-order valence-electron chi connectivity index (χ4n) is 2.68. The zero-order chi connectivity index (χ0) is 15.0. The van der Waals surface area contributed by atoms with Crippen molar-refractivity contribution < 1.29 is 4.11 Å². The van der Waals surface area contributed by atoms with E-state index in [1.165, 1.54) is 4.90 Å². The molecule has 0 saturated heterocycles. The molecule has 0 saturated carbocycles. The number of hydrogen-bond acceptors (Lipinski definition) is 2. The Labute approximate surface area is 112 Å². The lowest BCUT2D eigenvalue weighted by Crippen LogP contribution is -2.31. The number of nitrogens with zero attached hydrogens (tertiary/aromatic N) is 1. The predicted molar refractivity (Wildman–Crippen MR) is 75.5 cm³/mol. The lowest BCUT2D eigenvalue weighted by molar-refractivity contribution is 0.296. The third kappa shape index (κ3) is 1.89. The van der Waals surface area contributed by atoms with E-state index in [1.54, 1.807) is 0 Å². The number of nitrogen functional groups attached to an aromatic ring is 1. The maximum atomic E-state index is 7.71. The minimum atomic E-state index is -2.10. The van der Waals surface area contributed by atoms with Crippen LogP contribution in [-0.2, 0) is 6.54 Å². The van der Waals surface area contributed by atoms with Gasteiger partial charge in [-0.05, 0) is 29.7 Å². The third-order valence-electron chi connectivity index (χ3n) is 3.58. The SMILES string of the molecule is [2H]C([2H])([2H])N1Cc2c(N)cccc2C(c2ccccc2)C1. The van der Waals surface area contributed by atoms with E-state index in [0.29, 0.717) is 18.8 Å². The molecule has 0 amide bonds. The van der Waals surface area contributed by atoms with Crippen LogP contribution in [0, 0.1) is 0 Å². The van der Waals surface area contributed by atoms with Crippen LogP contribution in [0.1, 0.15) is 26.7 Å². The summed E-state index contributed by atoms with van der Waals surface area (Å²) < 4.78 is 23.1. The van der Waals surface area contributed by atoms with Gasteiger partial charge < -0.3 is 10.6 Å². The fraction of sp³-hybridized carbons (Fsp3) is 0.250. The van der Waals surface area contributed by atoms with Gasteiger partial charge in [-0.3, -0.25) is 0 Å². The van der Waals surface area contributed by atoms with Crippen LogP contribution in [-0.4, -0.2) is 18.4 Å². The highest BCUT2D eigenvalue weighted by Crippen LogP contribution is 2.35. The van der Waals surface area contributed by atoms with Crippen LogP contribution < -0.4 is 5.73 Å². The van der Waals surface area contributed by atoms with E-state index in [4.69, 9.17) is 9.85 Å². The van der Waals surface area contributed by atoms with Crippen molar-refractivity contribution in [2.24, 2.45) is 0 Å². The van der Waals surface area contributed by atoms with Crippen LogP contribution in [0.5, 0.6) is 0 Å². The summed E-state index contributed by atoms with van der Waals surface area (Å²) in [6, 6.07) is 15.8. The van der Waals surface area contributed by atoms with Gasteiger partial charge in [-0.1, -0.05) is 42.5 Å². The summed E-state index contributed by atoms with van der Waals surface area (Å²) in [4.78, 5) is 1.53. The van der Waals surface area contributed by atoms with Gasteiger partial charge in [0.2, 0.25) is 0 Å². The van der Waals surface area contributed by atoms with Gasteiger partial charge in [0, 0.05) is 28.8 Å². The van der Waals surface area contributed by atoms with E-state index in [-0.39, 0.29) is 5.92 Å². The minimum absolute atomic E-state index is 0.0406. The first-order valence-corrected chi connectivity index (χ1v) is 6.14. The summed E-state index contributed by atoms with van der Waals surface area (Å²) >= 11 is 0. The number of fused-ring (bicyclic) bond motifs is 1. The molecule has 0 aromatic heterocycles. The zero-order valence-corrected chi connectivity index (χ0v) is 10.1. The first-order chi connectivity index (χ1) is 9.97. The molecule has 0 aliphatic carbocycles. The average Bonchev–Trinajstić information content (AvgIpc) is 2.47. The number of rotatable bonds is 1. The molecule has 1 atom stereocenters. The van der Waals surface area contributed by atoms with Crippen molar-refractivity contribution in [1.82, 2.24) is 4.90 Å². The molecule has 0 bridgehead atoms. The molecule has 2 heteroatoms. The topological polar surface area (TPSA) is 29.3 Å². The molecule has 2 aromatic carbocycles. The number of benzene rings is 2. The summed E-state index contributed by atoms with van der Waals surface area (Å²) in [5.74, 6) is 0.0406. The molecule has 3 rings (SSSR count). The number of nitrogens with two attached hydrogens (primary N) is 1. The highest BCUT2D eigenvalue weighted by Gasteiger charge is 2.25. The van der Waals surface area contributed by atoms with E-state index >= 15 is 0 Å². The second kappa shape index (κ2) is 4.46. The quantitative estimate of drug-likeness (QED) is 0.778. The van der Waals surface area contributed by atoms with Gasteiger partial charge in [-0.15, -0.1) is 0 Å². The third-order valence-corrected chi connectivity index (χ3v) is 3.58. The van der Waals surface area contributed by atoms with Gasteiger partial charge in [-0.25, -0.2) is 0 Å². The molecule has 2 N–H and O–H groups in total. The van der Waals surface area contributed by atoms with E-state index in [2.05, 4.69) is 6.07 Å². The van der Waals surface area contributed by atoms with Crippen molar-refractivity contribution in [2.75, 3.05) is 19.3 Å². The first-order valence-electron chi connectivity index (χ1n) is 7.64. The highest BCUT2D eigenvalue weighted by atomic mass is 15.1. The largest absolute Gasteiger partial charge is 0.398 e. The van der Waals surface area contributed by atoms with Gasteiger partial charge in [0.1, 0.15) is 0 Å². The summed E-state index contributed by atoms with van der Waals surface area (Å²) in [5.41, 5.74) is 9.95. The number of hydrogen-bond donors (Lipinski definition) is 1. The fourth-order valence-corrected chi connectivity index (χ4v) is 2.68. The maximum Gasteiger partial charge on any atom is 0.0394 e. The van der Waals surface area contributed by atoms with E-state index in [9.17, 15) is 0 Å². The standard InChI is InChI=1S/C16H18N2/c1-18-10-14(12-6-3-2-4-7-12)13-8-5-9-16(17)15(13)11-18/h2-9,14H,10-11,17H2,1H3/i1D3. The van der Waals surface area contributed by atoms with Crippen molar-refractivity contribution in [3.05, 3.63) is 65.2 Å². The molecule has 2 nitrogen and oxygen atoms in total. The minimum Gasteiger partial charge on any atom is -0.398 e. The summed E-state index contributed by atoms with van der Waals surface area (Å²) in [6.45, 7) is -1.24. The second-order valence-electron chi connectivity index (χ2n) is 4.76. The summed E-state index contributed by atoms with van der Waals surface area (Å²) in [6.07, 6.45) is 0. The summed E-state index contributed by atoms with van der Waals surface area (Å²) in [7, 11) is 0. The van der Waals surface area contributed by atoms with Crippen LogP contribution in [0.2, 0.25) is 0 Å². The highest BCUT2D eigenvalue weighted by molar-refractivity contribution is 5.54. The van der Waals surface area contributed by atoms with E-state index in [0.717, 1.165) is 16.7 Å². The number of anilines is 1. The van der Waals surface area contributed by atoms with Crippen LogP contribution in [0.4, 0.5) is 5.69 Å². The Morgan fingerprint density at radius 3 is 2.78 bits per heavy atom. The lowest BCUT2D eigenvalue weighted by Gasteiger charge is -2.33. The molecular weight excluding hydrogens is 220 g/mol. The Bertz CT molecular complexity index is 638. The molecule has 1 aliphatic rings. The van der Waals surface area contributed by atoms with Gasteiger partial charge in [0.15, 0.2) is 0 Å². The molecule has 1 unspecified atom stereocenters. The monoisotopic (exact) mass is 241 g/mol. The maximum absolute atomic E-state index is 7.71. The Balaban J connectivity index is 2.10. The second-order valence-corrected chi connectivity index (χ2v) is 4.76. The molecule has 1 aliphatic heterocycles. The van der Waals surface area contributed by atoms with Crippen molar-refractivity contribution in [1.29, 1.82) is 0 Å². The van der Waals surface area contributed by atoms with Crippen LogP contribution in [0.25, 0.3) is 0 Å². The Kier molecular flexibility index (Phi) is 2.07. The van der Waals surface area contributed by atoms with Crippen molar-refractivity contribution >= 4 is 5.69 Å². The number of likely N-dealkylation sites (N-methyl/N-ethyl adjacent to an activating group) is 1. The Morgan fingerprint density at radius 1 is 1.17 bits per heavy atom. The van der Waals surface area contributed by atoms with Crippen LogP contribution in [0.3, 0.4) is 0 Å². The predicted octanol–water partition coefficient (Wildman–Crippen LogP) is 2.85. The van der Waals surface area contributed by atoms with Gasteiger partial charge >= 0.3 is 0 Å². The van der Waals surface area contributed by atoms with E-state index in [1.807, 2.05) is 42.5 Å².